The smallest absolute Gasteiger partial charge is 0.307 e. The van der Waals surface area contributed by atoms with Crippen molar-refractivity contribution in [3.05, 3.63) is 70.3 Å². The van der Waals surface area contributed by atoms with Crippen LogP contribution in [-0.2, 0) is 27.3 Å². The van der Waals surface area contributed by atoms with E-state index in [0.29, 0.717) is 5.56 Å². The highest BCUT2D eigenvalue weighted by Gasteiger charge is 2.18. The van der Waals surface area contributed by atoms with E-state index in [9.17, 15) is 18.4 Å². The fraction of sp³-hybridized carbons (Fsp3) is 0.333. The molecule has 0 spiro atoms. The maximum atomic E-state index is 13.5. The fourth-order valence-electron chi connectivity index (χ4n) is 2.74. The van der Waals surface area contributed by atoms with Gasteiger partial charge in [0.05, 0.1) is 20.0 Å². The summed E-state index contributed by atoms with van der Waals surface area (Å²) in [5, 5.41) is 0. The molecule has 0 unspecified atom stereocenters. The predicted octanol–water partition coefficient (Wildman–Crippen LogP) is 3.72. The van der Waals surface area contributed by atoms with Gasteiger partial charge in [-0.3, -0.25) is 9.59 Å². The molecule has 0 saturated carbocycles. The molecule has 0 N–H and O–H groups in total. The SMILES string of the molecule is COC(=O)CCN(Cc1ccc(F)c(F)c1)C(=O)Cc1cc(C)ccc1C. The Morgan fingerprint density at radius 2 is 1.78 bits per heavy atom. The molecule has 27 heavy (non-hydrogen) atoms. The number of methoxy groups -OCH3 is 1. The normalized spacial score (nSPS) is 10.6. The molecule has 1 amide bonds. The van der Waals surface area contributed by atoms with E-state index in [1.165, 1.54) is 18.1 Å². The number of carbonyl (C=O) groups is 2. The zero-order valence-electron chi connectivity index (χ0n) is 15.7. The van der Waals surface area contributed by atoms with E-state index in [-0.39, 0.29) is 31.8 Å². The van der Waals surface area contributed by atoms with Gasteiger partial charge in [0.2, 0.25) is 5.91 Å². The van der Waals surface area contributed by atoms with Gasteiger partial charge in [-0.25, -0.2) is 8.78 Å². The summed E-state index contributed by atoms with van der Waals surface area (Å²) in [5.41, 5.74) is 3.39. The first-order valence-corrected chi connectivity index (χ1v) is 8.64. The predicted molar refractivity (Wildman–Crippen MR) is 98.0 cm³/mol. The molecule has 0 atom stereocenters. The summed E-state index contributed by atoms with van der Waals surface area (Å²) in [6, 6.07) is 9.38. The molecule has 6 heteroatoms. The molecule has 0 radical (unpaired) electrons. The molecular formula is C21H23F2NO3. The summed E-state index contributed by atoms with van der Waals surface area (Å²) in [6.07, 6.45) is 0.192. The van der Waals surface area contributed by atoms with Crippen molar-refractivity contribution in [1.82, 2.24) is 4.90 Å². The molecule has 2 rings (SSSR count). The number of aryl methyl sites for hydroxylation is 2. The van der Waals surface area contributed by atoms with Crippen molar-refractivity contribution in [2.24, 2.45) is 0 Å². The van der Waals surface area contributed by atoms with Crippen molar-refractivity contribution >= 4 is 11.9 Å². The van der Waals surface area contributed by atoms with Crippen LogP contribution in [0.15, 0.2) is 36.4 Å². The minimum absolute atomic E-state index is 0.0265. The zero-order valence-corrected chi connectivity index (χ0v) is 15.7. The van der Waals surface area contributed by atoms with Crippen LogP contribution in [0.3, 0.4) is 0 Å². The summed E-state index contributed by atoms with van der Waals surface area (Å²) in [7, 11) is 1.28. The molecule has 2 aromatic rings. The Balaban J connectivity index is 2.19. The second kappa shape index (κ2) is 9.26. The minimum Gasteiger partial charge on any atom is -0.469 e. The highest BCUT2D eigenvalue weighted by molar-refractivity contribution is 5.80. The van der Waals surface area contributed by atoms with Gasteiger partial charge in [-0.1, -0.05) is 29.8 Å². The Kier molecular flexibility index (Phi) is 7.05. The van der Waals surface area contributed by atoms with Gasteiger partial charge in [-0.05, 0) is 42.7 Å². The topological polar surface area (TPSA) is 46.6 Å². The third kappa shape index (κ3) is 5.88. The Bertz CT molecular complexity index is 836. The Morgan fingerprint density at radius 3 is 2.44 bits per heavy atom. The molecule has 0 aliphatic carbocycles. The van der Waals surface area contributed by atoms with Crippen LogP contribution in [0.1, 0.15) is 28.7 Å². The summed E-state index contributed by atoms with van der Waals surface area (Å²) < 4.78 is 31.3. The first kappa shape index (κ1) is 20.6. The Morgan fingerprint density at radius 1 is 1.04 bits per heavy atom. The second-order valence-corrected chi connectivity index (χ2v) is 6.50. The van der Waals surface area contributed by atoms with Gasteiger partial charge in [-0.2, -0.15) is 0 Å². The molecule has 4 nitrogen and oxygen atoms in total. The third-order valence-electron chi connectivity index (χ3n) is 4.37. The number of halogens is 2. The van der Waals surface area contributed by atoms with Crippen LogP contribution in [0, 0.1) is 25.5 Å². The Labute approximate surface area is 157 Å². The largest absolute Gasteiger partial charge is 0.469 e. The van der Waals surface area contributed by atoms with Crippen LogP contribution in [0.2, 0.25) is 0 Å². The van der Waals surface area contributed by atoms with Crippen molar-refractivity contribution in [2.45, 2.75) is 33.2 Å². The second-order valence-electron chi connectivity index (χ2n) is 6.50. The van der Waals surface area contributed by atoms with E-state index in [2.05, 4.69) is 4.74 Å². The first-order chi connectivity index (χ1) is 12.8. The molecule has 0 aliphatic heterocycles. The summed E-state index contributed by atoms with van der Waals surface area (Å²) in [5.74, 6) is -2.55. The number of nitrogens with zero attached hydrogens (tertiary/aromatic N) is 1. The molecule has 144 valence electrons. The van der Waals surface area contributed by atoms with Crippen molar-refractivity contribution in [1.29, 1.82) is 0 Å². The van der Waals surface area contributed by atoms with E-state index in [1.807, 2.05) is 32.0 Å². The van der Waals surface area contributed by atoms with Gasteiger partial charge in [-0.15, -0.1) is 0 Å². The number of ether oxygens (including phenoxy) is 1. The van der Waals surface area contributed by atoms with Gasteiger partial charge in [0, 0.05) is 13.1 Å². The minimum atomic E-state index is -0.970. The van der Waals surface area contributed by atoms with Crippen LogP contribution >= 0.6 is 0 Å². The maximum Gasteiger partial charge on any atom is 0.307 e. The lowest BCUT2D eigenvalue weighted by atomic mass is 10.0. The van der Waals surface area contributed by atoms with E-state index < -0.39 is 17.6 Å². The van der Waals surface area contributed by atoms with Gasteiger partial charge >= 0.3 is 5.97 Å². The molecular weight excluding hydrogens is 352 g/mol. The highest BCUT2D eigenvalue weighted by atomic mass is 19.2. The van der Waals surface area contributed by atoms with Crippen LogP contribution in [0.4, 0.5) is 8.78 Å². The molecule has 0 aromatic heterocycles. The number of hydrogen-bond donors (Lipinski definition) is 0. The molecule has 0 aliphatic rings. The van der Waals surface area contributed by atoms with E-state index in [0.717, 1.165) is 28.8 Å². The number of amides is 1. The van der Waals surface area contributed by atoms with E-state index >= 15 is 0 Å². The van der Waals surface area contributed by atoms with Crippen LogP contribution < -0.4 is 0 Å². The van der Waals surface area contributed by atoms with E-state index in [4.69, 9.17) is 0 Å². The summed E-state index contributed by atoms with van der Waals surface area (Å²) >= 11 is 0. The van der Waals surface area contributed by atoms with Crippen LogP contribution in [0.25, 0.3) is 0 Å². The standard InChI is InChI=1S/C21H23F2NO3/c1-14-4-5-15(2)17(10-14)12-20(25)24(9-8-21(26)27-3)13-16-6-7-18(22)19(23)11-16/h4-7,10-11H,8-9,12-13H2,1-3H3. The van der Waals surface area contributed by atoms with Crippen LogP contribution in [0.5, 0.6) is 0 Å². The molecule has 0 heterocycles. The lowest BCUT2D eigenvalue weighted by molar-refractivity contribution is -0.141. The van der Waals surface area contributed by atoms with Crippen molar-refractivity contribution in [3.63, 3.8) is 0 Å². The third-order valence-corrected chi connectivity index (χ3v) is 4.37. The first-order valence-electron chi connectivity index (χ1n) is 8.64. The monoisotopic (exact) mass is 375 g/mol. The molecule has 0 fully saturated rings. The van der Waals surface area contributed by atoms with Gasteiger partial charge in [0.25, 0.3) is 0 Å². The van der Waals surface area contributed by atoms with Gasteiger partial charge in [0.15, 0.2) is 11.6 Å². The molecule has 0 saturated heterocycles. The number of carbonyl (C=O) groups excluding carboxylic acids is 2. The van der Waals surface area contributed by atoms with E-state index in [1.54, 1.807) is 0 Å². The zero-order chi connectivity index (χ0) is 20.0. The van der Waals surface area contributed by atoms with Gasteiger partial charge < -0.3 is 9.64 Å². The number of rotatable bonds is 7. The fourth-order valence-corrected chi connectivity index (χ4v) is 2.74. The number of benzene rings is 2. The quantitative estimate of drug-likeness (QED) is 0.693. The maximum absolute atomic E-state index is 13.5. The van der Waals surface area contributed by atoms with Crippen LogP contribution in [-0.4, -0.2) is 30.4 Å². The van der Waals surface area contributed by atoms with Gasteiger partial charge in [0.1, 0.15) is 0 Å². The number of esters is 1. The summed E-state index contributed by atoms with van der Waals surface area (Å²) in [4.78, 5) is 25.8. The average Bonchev–Trinajstić information content (AvgIpc) is 2.64. The average molecular weight is 375 g/mol. The Hall–Kier alpha value is -2.76. The lowest BCUT2D eigenvalue weighted by Gasteiger charge is -2.23. The molecule has 2 aromatic carbocycles. The van der Waals surface area contributed by atoms with Crippen molar-refractivity contribution in [3.8, 4) is 0 Å². The highest BCUT2D eigenvalue weighted by Crippen LogP contribution is 2.16. The molecule has 0 bridgehead atoms. The van der Waals surface area contributed by atoms with Crippen molar-refractivity contribution in [2.75, 3.05) is 13.7 Å². The lowest BCUT2D eigenvalue weighted by Crippen LogP contribution is -2.34. The number of hydrogen-bond acceptors (Lipinski definition) is 3. The van der Waals surface area contributed by atoms with Crippen molar-refractivity contribution < 1.29 is 23.1 Å². The summed E-state index contributed by atoms with van der Waals surface area (Å²) in [6.45, 7) is 4.09.